The molecule has 0 unspecified atom stereocenters. The lowest BCUT2D eigenvalue weighted by Gasteiger charge is -2.49. The molecule has 0 saturated carbocycles. The van der Waals surface area contributed by atoms with E-state index in [9.17, 15) is 39.9 Å². The van der Waals surface area contributed by atoms with E-state index in [1.807, 2.05) is 0 Å². The number of methoxy groups -OCH3 is 1. The summed E-state index contributed by atoms with van der Waals surface area (Å²) in [5.41, 5.74) is 2.62. The van der Waals surface area contributed by atoms with Crippen molar-refractivity contribution in [3.8, 4) is 11.5 Å². The summed E-state index contributed by atoms with van der Waals surface area (Å²) < 4.78 is 5.82. The van der Waals surface area contributed by atoms with Gasteiger partial charge in [0.1, 0.15) is 28.6 Å². The number of amides is 1. The number of ketones is 2. The molecule has 1 aliphatic heterocycles. The summed E-state index contributed by atoms with van der Waals surface area (Å²) in [6.45, 7) is 3.33. The quantitative estimate of drug-likeness (QED) is 0.227. The summed E-state index contributed by atoms with van der Waals surface area (Å²) >= 11 is 0. The van der Waals surface area contributed by atoms with Crippen LogP contribution in [0.15, 0.2) is 28.7 Å². The van der Waals surface area contributed by atoms with Crippen molar-refractivity contribution in [2.45, 2.75) is 50.3 Å². The number of rotatable bonds is 7. The molecule has 0 bridgehead atoms. The summed E-state index contributed by atoms with van der Waals surface area (Å²) in [7, 11) is 1.50. The zero-order chi connectivity index (χ0) is 29.1. The predicted molar refractivity (Wildman–Crippen MR) is 141 cm³/mol. The van der Waals surface area contributed by atoms with Crippen molar-refractivity contribution in [2.75, 3.05) is 33.4 Å². The highest BCUT2D eigenvalue weighted by molar-refractivity contribution is 6.24. The second-order valence-electron chi connectivity index (χ2n) is 10.9. The monoisotopic (exact) mass is 557 g/mol. The van der Waals surface area contributed by atoms with Gasteiger partial charge < -0.3 is 41.3 Å². The second-order valence-corrected chi connectivity index (χ2v) is 10.9. The molecular formula is C28H35N3O9. The highest BCUT2D eigenvalue weighted by atomic mass is 16.5. The number of benzene rings is 1. The number of allylic oxidation sites excluding steroid dienone is 1. The predicted octanol–water partition coefficient (Wildman–Crippen LogP) is 0.306. The molecule has 5 rings (SSSR count). The molecule has 216 valence electrons. The Morgan fingerprint density at radius 2 is 2.00 bits per heavy atom. The van der Waals surface area contributed by atoms with Crippen molar-refractivity contribution in [2.24, 2.45) is 17.6 Å². The van der Waals surface area contributed by atoms with Gasteiger partial charge in [0.05, 0.1) is 25.3 Å². The number of likely N-dealkylation sites (tertiary alicyclic amines) is 1. The van der Waals surface area contributed by atoms with Gasteiger partial charge in [0, 0.05) is 35.2 Å². The van der Waals surface area contributed by atoms with E-state index in [0.717, 1.165) is 31.5 Å². The minimum Gasteiger partial charge on any atom is -0.510 e. The van der Waals surface area contributed by atoms with Crippen molar-refractivity contribution >= 4 is 17.5 Å². The number of nitrogens with two attached hydrogens (primary N) is 1. The van der Waals surface area contributed by atoms with Gasteiger partial charge in [-0.3, -0.25) is 19.3 Å². The van der Waals surface area contributed by atoms with Gasteiger partial charge in [-0.15, -0.1) is 0 Å². The van der Waals surface area contributed by atoms with Crippen LogP contribution in [0.2, 0.25) is 0 Å². The number of aliphatic hydroxyl groups excluding tert-OH is 3. The summed E-state index contributed by atoms with van der Waals surface area (Å²) in [6.07, 6.45) is 1.92. The molecule has 1 heterocycles. The van der Waals surface area contributed by atoms with E-state index in [1.54, 1.807) is 0 Å². The number of phenols is 1. The fourth-order valence-electron chi connectivity index (χ4n) is 7.25. The van der Waals surface area contributed by atoms with Gasteiger partial charge in [-0.25, -0.2) is 0 Å². The third-order valence-corrected chi connectivity index (χ3v) is 8.99. The smallest absolute Gasteiger partial charge is 0.255 e. The molecule has 12 heteroatoms. The summed E-state index contributed by atoms with van der Waals surface area (Å²) in [6, 6.07) is 0.278. The van der Waals surface area contributed by atoms with Crippen molar-refractivity contribution in [3.63, 3.8) is 0 Å². The van der Waals surface area contributed by atoms with Crippen molar-refractivity contribution in [1.29, 1.82) is 0 Å². The van der Waals surface area contributed by atoms with Crippen LogP contribution in [-0.2, 0) is 16.0 Å². The number of aromatic hydroxyl groups is 1. The highest BCUT2D eigenvalue weighted by Gasteiger charge is 2.63. The average Bonchev–Trinajstić information content (AvgIpc) is 3.39. The van der Waals surface area contributed by atoms with Gasteiger partial charge in [-0.1, -0.05) is 6.92 Å². The number of nitrogens with one attached hydrogen (secondary N) is 1. The van der Waals surface area contributed by atoms with Crippen LogP contribution in [0.4, 0.5) is 0 Å². The molecule has 1 fully saturated rings. The van der Waals surface area contributed by atoms with E-state index in [4.69, 9.17) is 10.5 Å². The number of fused-ring (bicyclic) bond motifs is 3. The van der Waals surface area contributed by atoms with Gasteiger partial charge >= 0.3 is 0 Å². The summed E-state index contributed by atoms with van der Waals surface area (Å²) in [5.74, 6) is -6.76. The molecule has 1 saturated heterocycles. The first kappa shape index (κ1) is 28.1. The van der Waals surface area contributed by atoms with Crippen molar-refractivity contribution in [3.05, 3.63) is 45.4 Å². The summed E-state index contributed by atoms with van der Waals surface area (Å²) in [4.78, 5) is 41.7. The van der Waals surface area contributed by atoms with E-state index >= 15 is 0 Å². The van der Waals surface area contributed by atoms with E-state index in [2.05, 4.69) is 17.1 Å². The Labute approximate surface area is 230 Å². The number of ether oxygens (including phenoxy) is 1. The third-order valence-electron chi connectivity index (χ3n) is 8.99. The number of aliphatic hydroxyl groups is 4. The number of carbonyl (C=O) groups excluding carboxylic acids is 3. The zero-order valence-corrected chi connectivity index (χ0v) is 22.4. The molecule has 1 amide bonds. The molecule has 0 aromatic heterocycles. The van der Waals surface area contributed by atoms with Crippen LogP contribution in [0.1, 0.15) is 53.7 Å². The minimum atomic E-state index is -2.74. The van der Waals surface area contributed by atoms with Crippen LogP contribution < -0.4 is 15.8 Å². The Hall–Kier alpha value is -3.45. The van der Waals surface area contributed by atoms with Gasteiger partial charge in [0.15, 0.2) is 11.4 Å². The molecule has 8 N–H and O–H groups in total. The van der Waals surface area contributed by atoms with E-state index in [0.29, 0.717) is 11.3 Å². The molecule has 40 heavy (non-hydrogen) atoms. The number of hydrogen-bond donors (Lipinski definition) is 7. The third kappa shape index (κ3) is 3.85. The number of nitrogens with zero attached hydrogens (tertiary/aromatic N) is 1. The average molecular weight is 558 g/mol. The number of hydrogen-bond acceptors (Lipinski definition) is 11. The Balaban J connectivity index is 1.67. The number of phenolic OH excluding ortho intramolecular Hbond substituents is 1. The fourth-order valence-corrected chi connectivity index (χ4v) is 7.25. The zero-order valence-electron chi connectivity index (χ0n) is 22.4. The SMILES string of the molecule is CCN1CCC[C@H]1c1cc(O)c2c(c1OC)C[C@H]1C[C@H]3[C@H](NCCO)C(O)=C(C(N)=O)C(=O)[C@@]3(O)C(O)=C1C2=O. The maximum atomic E-state index is 13.9. The Morgan fingerprint density at radius 1 is 1.27 bits per heavy atom. The van der Waals surface area contributed by atoms with Gasteiger partial charge in [-0.2, -0.15) is 0 Å². The topological polar surface area (TPSA) is 203 Å². The number of primary amides is 1. The molecule has 0 spiro atoms. The largest absolute Gasteiger partial charge is 0.510 e. The molecule has 1 aromatic rings. The molecule has 12 nitrogen and oxygen atoms in total. The molecule has 3 aliphatic carbocycles. The normalized spacial score (nSPS) is 30.3. The molecule has 0 radical (unpaired) electrons. The van der Waals surface area contributed by atoms with Crippen LogP contribution >= 0.6 is 0 Å². The van der Waals surface area contributed by atoms with Crippen LogP contribution in [0.5, 0.6) is 11.5 Å². The number of Topliss-reactive ketones (excluding diaryl/α,β-unsaturated/α-hetero) is 2. The minimum absolute atomic E-state index is 0.00891. The van der Waals surface area contributed by atoms with Gasteiger partial charge in [0.2, 0.25) is 5.78 Å². The van der Waals surface area contributed by atoms with E-state index < -0.39 is 58.0 Å². The van der Waals surface area contributed by atoms with Crippen LogP contribution in [-0.4, -0.2) is 92.9 Å². The standard InChI is InChI=1S/C28H35N3O9/c1-3-31-7-4-5-16(31)13-11-17(33)19-14(24(13)40-2)9-12-10-15-21(30-6-8-32)23(35)20(27(29)38)26(37)28(15,39)25(36)18(12)22(19)34/h11-12,15-16,21,30,32-33,35-36,39H,3-10H2,1-2H3,(H2,29,38)/t12-,15-,16-,21-,28-/m0/s1. The molecular weight excluding hydrogens is 522 g/mol. The highest BCUT2D eigenvalue weighted by Crippen LogP contribution is 2.54. The Kier molecular flexibility index (Phi) is 7.15. The lowest BCUT2D eigenvalue weighted by molar-refractivity contribution is -0.146. The number of carbonyl (C=O) groups is 3. The van der Waals surface area contributed by atoms with Crippen LogP contribution in [0.25, 0.3) is 0 Å². The van der Waals surface area contributed by atoms with E-state index in [-0.39, 0.29) is 48.9 Å². The molecule has 1 aromatic carbocycles. The van der Waals surface area contributed by atoms with Crippen LogP contribution in [0, 0.1) is 11.8 Å². The molecule has 4 aliphatic rings. The second kappa shape index (κ2) is 10.2. The first-order valence-corrected chi connectivity index (χ1v) is 13.5. The summed E-state index contributed by atoms with van der Waals surface area (Å²) in [5, 5.41) is 57.2. The first-order chi connectivity index (χ1) is 19.0. The van der Waals surface area contributed by atoms with Crippen molar-refractivity contribution in [1.82, 2.24) is 10.2 Å². The van der Waals surface area contributed by atoms with Crippen molar-refractivity contribution < 1.29 is 44.7 Å². The molecule has 5 atom stereocenters. The van der Waals surface area contributed by atoms with Crippen LogP contribution in [0.3, 0.4) is 0 Å². The fraction of sp³-hybridized carbons (Fsp3) is 0.536. The van der Waals surface area contributed by atoms with Gasteiger partial charge in [0.25, 0.3) is 5.91 Å². The van der Waals surface area contributed by atoms with Gasteiger partial charge in [-0.05, 0) is 50.8 Å². The lowest BCUT2D eigenvalue weighted by Crippen LogP contribution is -2.64. The van der Waals surface area contributed by atoms with E-state index in [1.165, 1.54) is 13.2 Å². The Bertz CT molecular complexity index is 1350. The maximum Gasteiger partial charge on any atom is 0.255 e. The maximum absolute atomic E-state index is 13.9. The first-order valence-electron chi connectivity index (χ1n) is 13.5. The lowest BCUT2D eigenvalue weighted by atomic mass is 9.58. The Morgan fingerprint density at radius 3 is 2.62 bits per heavy atom.